The molecule has 27 valence electrons. The molecule has 5 heteroatoms. The predicted molar refractivity (Wildman–Crippen MR) is 2.06 cm³/mol. The van der Waals surface area contributed by atoms with Gasteiger partial charge in [0.25, 0.3) is 0 Å². The molecular weight excluding hydrogens is 241 g/mol. The van der Waals surface area contributed by atoms with Gasteiger partial charge in [0.15, 0.2) is 0 Å². The van der Waals surface area contributed by atoms with E-state index in [1.807, 2.05) is 0 Å². The van der Waals surface area contributed by atoms with Gasteiger partial charge in [-0.15, -0.1) is 0 Å². The zero-order valence-corrected chi connectivity index (χ0v) is 7.19. The predicted octanol–water partition coefficient (Wildman–Crippen LogP) is -0.359. The summed E-state index contributed by atoms with van der Waals surface area (Å²) in [6.45, 7) is 0. The van der Waals surface area contributed by atoms with Crippen LogP contribution in [0.5, 0.6) is 0 Å². The van der Waals surface area contributed by atoms with Crippen molar-refractivity contribution in [1.82, 2.24) is 0 Å². The third-order valence-corrected chi connectivity index (χ3v) is 0. The molecule has 3 nitrogen and oxygen atoms in total. The molecule has 0 aliphatic carbocycles. The van der Waals surface area contributed by atoms with E-state index in [1.165, 1.54) is 0 Å². The molecule has 1 radical (unpaired) electrons. The second-order valence-corrected chi connectivity index (χ2v) is 0. The van der Waals surface area contributed by atoms with Crippen LogP contribution in [0.4, 0.5) is 0 Å². The molecule has 0 saturated heterocycles. The van der Waals surface area contributed by atoms with E-state index in [9.17, 15) is 0 Å². The zero-order chi connectivity index (χ0) is 0. The Morgan fingerprint density at radius 2 is 0.600 bits per heavy atom. The first-order valence-corrected chi connectivity index (χ1v) is 0. The largest absolute Gasteiger partial charge is 3.00 e. The molecule has 0 heterocycles. The first kappa shape index (κ1) is 71.7. The van der Waals surface area contributed by atoms with Crippen LogP contribution < -0.4 is 0 Å². The fourth-order valence-corrected chi connectivity index (χ4v) is 0. The molecule has 0 aromatic rings. The molecule has 0 amide bonds. The van der Waals surface area contributed by atoms with E-state index in [0.29, 0.717) is 0 Å². The molecule has 0 atom stereocenters. The van der Waals surface area contributed by atoms with Gasteiger partial charge >= 0.3 is 58.7 Å². The molecule has 0 fully saturated rings. The fraction of sp³-hybridized carbons (Fsp3) is 0. The van der Waals surface area contributed by atoms with Gasteiger partial charge in [0.2, 0.25) is 0 Å². The van der Waals surface area contributed by atoms with Crippen LogP contribution in [-0.4, -0.2) is 0 Å². The van der Waals surface area contributed by atoms with Gasteiger partial charge in [-0.05, 0) is 0 Å². The van der Waals surface area contributed by atoms with E-state index < -0.39 is 0 Å². The summed E-state index contributed by atoms with van der Waals surface area (Å²) >= 11 is 0. The molecule has 0 aromatic heterocycles. The molecule has 0 aromatic carbocycles. The Kier molecular flexibility index (Phi) is 599. The molecule has 5 heavy (non-hydrogen) atoms. The van der Waals surface area contributed by atoms with Gasteiger partial charge in [0.1, 0.15) is 0 Å². The molecule has 0 N–H and O–H groups in total. The summed E-state index contributed by atoms with van der Waals surface area (Å²) in [5.74, 6) is 0. The Labute approximate surface area is 74.1 Å². The zero-order valence-electron chi connectivity index (χ0n) is 2.21. The summed E-state index contributed by atoms with van der Waals surface area (Å²) in [4.78, 5) is 0. The van der Waals surface area contributed by atoms with Crippen molar-refractivity contribution >= 4 is 0 Å². The monoisotopic (exact) mass is 241 g/mol. The Balaban J connectivity index is 0. The van der Waals surface area contributed by atoms with E-state index in [1.54, 1.807) is 0 Å². The third kappa shape index (κ3) is 26.1. The molecule has 0 unspecified atom stereocenters. The van der Waals surface area contributed by atoms with Crippen molar-refractivity contribution in [1.29, 1.82) is 0 Å². The second-order valence-electron chi connectivity index (χ2n) is 0. The van der Waals surface area contributed by atoms with Gasteiger partial charge in [-0.25, -0.2) is 0 Å². The van der Waals surface area contributed by atoms with Crippen LogP contribution in [0, 0.1) is 41.3 Å². The van der Waals surface area contributed by atoms with E-state index >= 15 is 0 Å². The van der Waals surface area contributed by atoms with Crippen molar-refractivity contribution in [2.24, 2.45) is 0 Å². The smallest absolute Gasteiger partial charge is 2.00 e. The topological polar surface area (TPSA) is 85.5 Å². The van der Waals surface area contributed by atoms with Crippen molar-refractivity contribution in [3.63, 3.8) is 0 Å². The second kappa shape index (κ2) is 41.8. The standard InChI is InChI=1S/Cr.3O.Pr/q+3;3*-2;+3. The SMILES string of the molecule is [Cr+3].[O-2].[O-2].[O-2].[Pr+3]. The van der Waals surface area contributed by atoms with Crippen molar-refractivity contribution in [3.8, 4) is 0 Å². The summed E-state index contributed by atoms with van der Waals surface area (Å²) in [6, 6.07) is 0. The van der Waals surface area contributed by atoms with Crippen LogP contribution in [0.15, 0.2) is 0 Å². The van der Waals surface area contributed by atoms with Gasteiger partial charge in [-0.3, -0.25) is 0 Å². The Hall–Kier alpha value is 1.78. The van der Waals surface area contributed by atoms with E-state index in [0.717, 1.165) is 0 Å². The summed E-state index contributed by atoms with van der Waals surface area (Å²) < 4.78 is 0. The van der Waals surface area contributed by atoms with Crippen molar-refractivity contribution in [2.45, 2.75) is 0 Å². The molecule has 0 aliphatic rings. The van der Waals surface area contributed by atoms with Gasteiger partial charge in [-0.1, -0.05) is 0 Å². The van der Waals surface area contributed by atoms with Crippen LogP contribution in [0.3, 0.4) is 0 Å². The molecule has 0 bridgehead atoms. The normalized spacial score (nSPS) is 0. The molecule has 0 aliphatic heterocycles. The summed E-state index contributed by atoms with van der Waals surface area (Å²) in [5.41, 5.74) is 0. The van der Waals surface area contributed by atoms with Gasteiger partial charge < -0.3 is 16.4 Å². The van der Waals surface area contributed by atoms with Crippen LogP contribution >= 0.6 is 0 Å². The fourth-order valence-electron chi connectivity index (χ4n) is 0. The van der Waals surface area contributed by atoms with E-state index in [2.05, 4.69) is 0 Å². The Bertz CT molecular complexity index is 6.85. The molecule has 0 saturated carbocycles. The first-order valence-electron chi connectivity index (χ1n) is 0. The third-order valence-electron chi connectivity index (χ3n) is 0. The number of rotatable bonds is 0. The number of hydrogen-bond acceptors (Lipinski definition) is 0. The minimum absolute atomic E-state index is 0. The molecule has 0 rings (SSSR count). The van der Waals surface area contributed by atoms with Crippen LogP contribution in [0.25, 0.3) is 0 Å². The summed E-state index contributed by atoms with van der Waals surface area (Å²) in [7, 11) is 0. The number of hydrogen-bond donors (Lipinski definition) is 0. The van der Waals surface area contributed by atoms with Crippen LogP contribution in [0.2, 0.25) is 0 Å². The van der Waals surface area contributed by atoms with Crippen LogP contribution in [-0.2, 0) is 33.8 Å². The minimum Gasteiger partial charge on any atom is -2.00 e. The maximum atomic E-state index is 0. The van der Waals surface area contributed by atoms with Crippen molar-refractivity contribution < 1.29 is 75.1 Å². The van der Waals surface area contributed by atoms with Crippen molar-refractivity contribution in [3.05, 3.63) is 0 Å². The average Bonchev–Trinajstić information content (AvgIpc) is 0. The van der Waals surface area contributed by atoms with Gasteiger partial charge in [-0.2, -0.15) is 0 Å². The maximum Gasteiger partial charge on any atom is 3.00 e. The van der Waals surface area contributed by atoms with E-state index in [4.69, 9.17) is 0 Å². The Morgan fingerprint density at radius 3 is 0.600 bits per heavy atom. The summed E-state index contributed by atoms with van der Waals surface area (Å²) in [6.07, 6.45) is 0. The molecular formula is CrO3Pr. The first-order chi connectivity index (χ1) is 0. The van der Waals surface area contributed by atoms with Crippen molar-refractivity contribution in [2.75, 3.05) is 0 Å². The van der Waals surface area contributed by atoms with Gasteiger partial charge in [0, 0.05) is 0 Å². The minimum atomic E-state index is 0. The Morgan fingerprint density at radius 1 is 0.600 bits per heavy atom. The summed E-state index contributed by atoms with van der Waals surface area (Å²) in [5, 5.41) is 0. The quantitative estimate of drug-likeness (QED) is 0.554. The van der Waals surface area contributed by atoms with E-state index in [-0.39, 0.29) is 75.1 Å². The maximum absolute atomic E-state index is 0. The van der Waals surface area contributed by atoms with Gasteiger partial charge in [0.05, 0.1) is 0 Å². The van der Waals surface area contributed by atoms with Crippen LogP contribution in [0.1, 0.15) is 0 Å². The average molecular weight is 241 g/mol. The molecule has 0 spiro atoms.